The Hall–Kier alpha value is -0.0600. The Morgan fingerprint density at radius 1 is 1.35 bits per heavy atom. The topological polar surface area (TPSA) is 46.2 Å². The molecule has 1 rings (SSSR count). The van der Waals surface area contributed by atoms with Gasteiger partial charge < -0.3 is 10.8 Å². The van der Waals surface area contributed by atoms with Gasteiger partial charge in [0.05, 0.1) is 5.02 Å². The van der Waals surface area contributed by atoms with Crippen molar-refractivity contribution in [3.63, 3.8) is 0 Å². The molecule has 2 nitrogen and oxygen atoms in total. The number of aliphatic hydroxyl groups excluding tert-OH is 1. The number of hydrogen-bond donors (Lipinski definition) is 2. The number of halogens is 4. The maximum absolute atomic E-state index is 13.8. The van der Waals surface area contributed by atoms with E-state index in [1.165, 1.54) is 12.1 Å². The van der Waals surface area contributed by atoms with Gasteiger partial charge in [-0.25, -0.2) is 4.39 Å². The lowest BCUT2D eigenvalue weighted by atomic mass is 9.81. The van der Waals surface area contributed by atoms with Gasteiger partial charge >= 0.3 is 0 Å². The van der Waals surface area contributed by atoms with Crippen molar-refractivity contribution >= 4 is 35.6 Å². The number of hydrogen-bond acceptors (Lipinski definition) is 2. The molecule has 1 aromatic rings. The average Bonchev–Trinajstić information content (AvgIpc) is 2.24. The first kappa shape index (κ1) is 16.9. The highest BCUT2D eigenvalue weighted by Crippen LogP contribution is 2.37. The minimum Gasteiger partial charge on any atom is -0.396 e. The molecule has 0 aromatic heterocycles. The van der Waals surface area contributed by atoms with E-state index in [1.54, 1.807) is 13.8 Å². The standard InChI is InChI=1S/C11H14Cl2FNO.ClH/c1-11(2,5-16)10(15)8-6(12)3-4-7(13)9(8)14;/h3-4,10,16H,5,15H2,1-2H3;1H/t10-;/m1./s1. The fourth-order valence-electron chi connectivity index (χ4n) is 1.32. The van der Waals surface area contributed by atoms with Crippen molar-refractivity contribution < 1.29 is 9.50 Å². The lowest BCUT2D eigenvalue weighted by molar-refractivity contribution is 0.131. The Bertz CT molecular complexity index is 399. The van der Waals surface area contributed by atoms with Gasteiger partial charge in [-0.05, 0) is 12.1 Å². The summed E-state index contributed by atoms with van der Waals surface area (Å²) in [4.78, 5) is 0. The van der Waals surface area contributed by atoms with Crippen LogP contribution in [0.3, 0.4) is 0 Å². The van der Waals surface area contributed by atoms with Crippen molar-refractivity contribution in [1.82, 2.24) is 0 Å². The zero-order chi connectivity index (χ0) is 12.5. The molecular weight excluding hydrogens is 287 g/mol. The first-order valence-corrected chi connectivity index (χ1v) is 5.56. The molecule has 3 N–H and O–H groups in total. The SMILES string of the molecule is CC(C)(CO)[C@H](N)c1c(Cl)ccc(Cl)c1F.Cl. The zero-order valence-electron chi connectivity index (χ0n) is 9.51. The number of nitrogens with two attached hydrogens (primary N) is 1. The van der Waals surface area contributed by atoms with Gasteiger partial charge in [0.1, 0.15) is 5.82 Å². The Morgan fingerprint density at radius 3 is 2.29 bits per heavy atom. The van der Waals surface area contributed by atoms with Crippen molar-refractivity contribution in [2.45, 2.75) is 19.9 Å². The molecule has 1 aromatic carbocycles. The summed E-state index contributed by atoms with van der Waals surface area (Å²) in [6.07, 6.45) is 0. The summed E-state index contributed by atoms with van der Waals surface area (Å²) in [5.41, 5.74) is 5.39. The highest BCUT2D eigenvalue weighted by Gasteiger charge is 2.31. The van der Waals surface area contributed by atoms with Crippen LogP contribution < -0.4 is 5.73 Å². The molecule has 0 spiro atoms. The highest BCUT2D eigenvalue weighted by molar-refractivity contribution is 6.33. The van der Waals surface area contributed by atoms with Gasteiger partial charge in [0.15, 0.2) is 0 Å². The van der Waals surface area contributed by atoms with Gasteiger partial charge in [0.25, 0.3) is 0 Å². The molecule has 0 unspecified atom stereocenters. The quantitative estimate of drug-likeness (QED) is 0.838. The number of aliphatic hydroxyl groups is 1. The molecule has 0 fully saturated rings. The second kappa shape index (κ2) is 6.21. The summed E-state index contributed by atoms with van der Waals surface area (Å²) in [5.74, 6) is -0.622. The Labute approximate surface area is 116 Å². The second-order valence-corrected chi connectivity index (χ2v) is 5.20. The van der Waals surface area contributed by atoms with Gasteiger partial charge in [-0.15, -0.1) is 12.4 Å². The molecule has 6 heteroatoms. The average molecular weight is 303 g/mol. The van der Waals surface area contributed by atoms with Crippen LogP contribution in [0.5, 0.6) is 0 Å². The van der Waals surface area contributed by atoms with Crippen LogP contribution in [0.1, 0.15) is 25.5 Å². The predicted molar refractivity (Wildman–Crippen MR) is 71.5 cm³/mol. The molecule has 0 aliphatic heterocycles. The summed E-state index contributed by atoms with van der Waals surface area (Å²) < 4.78 is 13.8. The van der Waals surface area contributed by atoms with E-state index < -0.39 is 17.3 Å². The van der Waals surface area contributed by atoms with E-state index >= 15 is 0 Å². The molecule has 0 amide bonds. The van der Waals surface area contributed by atoms with E-state index in [-0.39, 0.29) is 34.6 Å². The molecule has 0 saturated heterocycles. The van der Waals surface area contributed by atoms with Gasteiger partial charge in [0, 0.05) is 28.6 Å². The fraction of sp³-hybridized carbons (Fsp3) is 0.455. The van der Waals surface area contributed by atoms with Crippen LogP contribution >= 0.6 is 35.6 Å². The normalized spacial score (nSPS) is 13.1. The third-order valence-electron chi connectivity index (χ3n) is 2.64. The van der Waals surface area contributed by atoms with E-state index in [0.717, 1.165) is 0 Å². The van der Waals surface area contributed by atoms with Gasteiger partial charge in [-0.2, -0.15) is 0 Å². The van der Waals surface area contributed by atoms with Crippen molar-refractivity contribution in [1.29, 1.82) is 0 Å². The number of benzene rings is 1. The lowest BCUT2D eigenvalue weighted by Crippen LogP contribution is -2.33. The molecule has 17 heavy (non-hydrogen) atoms. The second-order valence-electron chi connectivity index (χ2n) is 4.38. The van der Waals surface area contributed by atoms with E-state index in [4.69, 9.17) is 28.9 Å². The Balaban J connectivity index is 0.00000256. The first-order valence-electron chi connectivity index (χ1n) is 4.81. The van der Waals surface area contributed by atoms with E-state index in [2.05, 4.69) is 0 Å². The first-order chi connectivity index (χ1) is 7.31. The molecule has 1 atom stereocenters. The largest absolute Gasteiger partial charge is 0.396 e. The van der Waals surface area contributed by atoms with Crippen LogP contribution in [-0.2, 0) is 0 Å². The van der Waals surface area contributed by atoms with Crippen molar-refractivity contribution in [3.05, 3.63) is 33.6 Å². The fourth-order valence-corrected chi connectivity index (χ4v) is 1.75. The molecule has 98 valence electrons. The van der Waals surface area contributed by atoms with Crippen LogP contribution in [0.25, 0.3) is 0 Å². The summed E-state index contributed by atoms with van der Waals surface area (Å²) >= 11 is 11.6. The number of rotatable bonds is 3. The monoisotopic (exact) mass is 301 g/mol. The molecule has 0 radical (unpaired) electrons. The third-order valence-corrected chi connectivity index (χ3v) is 3.26. The minimum atomic E-state index is -0.719. The van der Waals surface area contributed by atoms with Gasteiger partial charge in [-0.1, -0.05) is 37.0 Å². The van der Waals surface area contributed by atoms with Crippen molar-refractivity contribution in [3.8, 4) is 0 Å². The minimum absolute atomic E-state index is 0. The predicted octanol–water partition coefficient (Wildman–Crippen LogP) is 3.57. The molecule has 0 heterocycles. The summed E-state index contributed by atoms with van der Waals surface area (Å²) in [7, 11) is 0. The lowest BCUT2D eigenvalue weighted by Gasteiger charge is -2.30. The molecular formula is C11H15Cl3FNO. The van der Waals surface area contributed by atoms with Crippen LogP contribution in [-0.4, -0.2) is 11.7 Å². The van der Waals surface area contributed by atoms with Crippen LogP contribution in [0, 0.1) is 11.2 Å². The van der Waals surface area contributed by atoms with Crippen molar-refractivity contribution in [2.75, 3.05) is 6.61 Å². The zero-order valence-corrected chi connectivity index (χ0v) is 11.8. The van der Waals surface area contributed by atoms with E-state index in [1.807, 2.05) is 0 Å². The molecule has 0 bridgehead atoms. The smallest absolute Gasteiger partial charge is 0.148 e. The molecule has 0 saturated carbocycles. The Kier molecular flexibility index (Phi) is 6.19. The maximum Gasteiger partial charge on any atom is 0.148 e. The Morgan fingerprint density at radius 2 is 1.82 bits per heavy atom. The van der Waals surface area contributed by atoms with E-state index in [9.17, 15) is 9.50 Å². The van der Waals surface area contributed by atoms with Crippen LogP contribution in [0.4, 0.5) is 4.39 Å². The van der Waals surface area contributed by atoms with Gasteiger partial charge in [0.2, 0.25) is 0 Å². The maximum atomic E-state index is 13.8. The molecule has 0 aliphatic rings. The summed E-state index contributed by atoms with van der Waals surface area (Å²) in [6.45, 7) is 3.29. The van der Waals surface area contributed by atoms with Crippen molar-refractivity contribution in [2.24, 2.45) is 11.1 Å². The summed E-state index contributed by atoms with van der Waals surface area (Å²) in [5, 5.41) is 9.39. The van der Waals surface area contributed by atoms with Gasteiger partial charge in [-0.3, -0.25) is 0 Å². The highest BCUT2D eigenvalue weighted by atomic mass is 35.5. The van der Waals surface area contributed by atoms with Crippen LogP contribution in [0.2, 0.25) is 10.0 Å². The van der Waals surface area contributed by atoms with E-state index in [0.29, 0.717) is 0 Å². The third kappa shape index (κ3) is 3.46. The van der Waals surface area contributed by atoms with Crippen LogP contribution in [0.15, 0.2) is 12.1 Å². The summed E-state index contributed by atoms with van der Waals surface area (Å²) in [6, 6.07) is 2.15. The molecule has 0 aliphatic carbocycles.